The number of Topliss-reactive ketones (excluding diaryl/α,β-unsaturated/α-hetero) is 1. The minimum Gasteiger partial charge on any atom is -0.508 e. The predicted molar refractivity (Wildman–Crippen MR) is 195 cm³/mol. The molecule has 2 aliphatic heterocycles. The molecule has 4 heterocycles. The van der Waals surface area contributed by atoms with Gasteiger partial charge in [0.1, 0.15) is 30.2 Å². The number of amides is 1. The number of benzene rings is 2. The number of hydrogen-bond donors (Lipinski definition) is 3. The lowest BCUT2D eigenvalue weighted by molar-refractivity contribution is -0.161. The number of hydrogen-bond acceptors (Lipinski definition) is 10. The number of nitrogens with one attached hydrogen (secondary N) is 1. The second-order valence-corrected chi connectivity index (χ2v) is 13.7. The summed E-state index contributed by atoms with van der Waals surface area (Å²) in [5, 5.41) is 13.9. The highest BCUT2D eigenvalue weighted by Crippen LogP contribution is 2.43. The van der Waals surface area contributed by atoms with Gasteiger partial charge in [-0.1, -0.05) is 32.4 Å². The van der Waals surface area contributed by atoms with Crippen LogP contribution in [0.3, 0.4) is 0 Å². The molecule has 272 valence electrons. The molecule has 2 atom stereocenters. The number of anilines is 1. The number of cyclic esters (lactones) is 1. The first kappa shape index (κ1) is 36.4. The van der Waals surface area contributed by atoms with E-state index < -0.39 is 23.3 Å². The molecule has 1 amide bonds. The van der Waals surface area contributed by atoms with E-state index in [1.54, 1.807) is 54.0 Å². The van der Waals surface area contributed by atoms with Crippen molar-refractivity contribution in [3.8, 4) is 17.1 Å². The van der Waals surface area contributed by atoms with Crippen LogP contribution in [0.4, 0.5) is 5.69 Å². The average molecular weight is 709 g/mol. The Labute approximate surface area is 301 Å². The molecule has 0 fully saturated rings. The minimum atomic E-state index is -1.44. The van der Waals surface area contributed by atoms with Crippen LogP contribution >= 0.6 is 0 Å². The van der Waals surface area contributed by atoms with Crippen LogP contribution in [0.5, 0.6) is 5.75 Å². The highest BCUT2D eigenvalue weighted by Gasteiger charge is 2.48. The Morgan fingerprint density at radius 2 is 1.85 bits per heavy atom. The number of carbonyl (C=O) groups is 4. The van der Waals surface area contributed by atoms with E-state index in [9.17, 15) is 29.1 Å². The number of aromatic nitrogens is 2. The number of phenols is 1. The number of fused-ring (bicyclic) bond motifs is 5. The van der Waals surface area contributed by atoms with Crippen LogP contribution in [0.25, 0.3) is 22.3 Å². The molecule has 0 aliphatic carbocycles. The van der Waals surface area contributed by atoms with E-state index in [-0.39, 0.29) is 55.5 Å². The van der Waals surface area contributed by atoms with Gasteiger partial charge in [-0.25, -0.2) is 4.98 Å². The van der Waals surface area contributed by atoms with Gasteiger partial charge in [-0.2, -0.15) is 0 Å². The standard InChI is InChI=1S/C40H44N4O8/c1-4-28-29-17-27(46)13-14-33(29)43-36-30(28)20-44-34(36)18-32-31(38(44)49)22-52-39(50)40(32,5-2)19-35(47)51-21-24-9-11-26(12-10-24)42-37(48)25(16-23(3)45)8-6-7-15-41/h9-14,17-18,25,46H,4-8,15-16,19-22,41H2,1-3H3,(H,42,48)/t25?,40-/m0/s1. The molecule has 0 radical (unpaired) electrons. The van der Waals surface area contributed by atoms with Crippen LogP contribution < -0.4 is 16.6 Å². The Bertz CT molecular complexity index is 2120. The second-order valence-electron chi connectivity index (χ2n) is 13.7. The molecule has 12 nitrogen and oxygen atoms in total. The van der Waals surface area contributed by atoms with E-state index in [1.807, 2.05) is 13.0 Å². The molecule has 1 unspecified atom stereocenters. The first-order chi connectivity index (χ1) is 25.0. The average Bonchev–Trinajstić information content (AvgIpc) is 3.49. The number of nitrogens with zero attached hydrogens (tertiary/aromatic N) is 2. The lowest BCUT2D eigenvalue weighted by Gasteiger charge is -2.35. The molecule has 2 aliphatic rings. The first-order valence-electron chi connectivity index (χ1n) is 17.8. The monoisotopic (exact) mass is 708 g/mol. The molecule has 6 rings (SSSR count). The molecule has 4 aromatic rings. The largest absolute Gasteiger partial charge is 0.508 e. The summed E-state index contributed by atoms with van der Waals surface area (Å²) in [6, 6.07) is 13.7. The van der Waals surface area contributed by atoms with Gasteiger partial charge in [-0.15, -0.1) is 0 Å². The number of pyridine rings is 2. The summed E-state index contributed by atoms with van der Waals surface area (Å²) < 4.78 is 12.9. The maximum Gasteiger partial charge on any atom is 0.317 e. The van der Waals surface area contributed by atoms with Crippen LogP contribution in [-0.4, -0.2) is 44.8 Å². The van der Waals surface area contributed by atoms with Crippen LogP contribution in [0.15, 0.2) is 53.3 Å². The van der Waals surface area contributed by atoms with Crippen LogP contribution in [-0.2, 0) is 60.2 Å². The molecular weight excluding hydrogens is 664 g/mol. The number of ether oxygens (including phenoxy) is 2. The fourth-order valence-corrected chi connectivity index (χ4v) is 7.52. The Balaban J connectivity index is 1.20. The topological polar surface area (TPSA) is 180 Å². The van der Waals surface area contributed by atoms with Gasteiger partial charge in [-0.05, 0) is 92.2 Å². The Kier molecular flexibility index (Phi) is 10.6. The molecule has 52 heavy (non-hydrogen) atoms. The van der Waals surface area contributed by atoms with E-state index >= 15 is 0 Å². The van der Waals surface area contributed by atoms with E-state index in [0.29, 0.717) is 65.2 Å². The SMILES string of the molecule is CCc1c2c(nc3ccc(O)cc13)-c1cc3c(c(=O)n1C2)COC(=O)[C@@]3(CC)CC(=O)OCc1ccc(NC(=O)C(CCCCN)CC(C)=O)cc1. The van der Waals surface area contributed by atoms with Gasteiger partial charge in [0, 0.05) is 29.0 Å². The highest BCUT2D eigenvalue weighted by molar-refractivity contribution is 5.95. The van der Waals surface area contributed by atoms with E-state index in [4.69, 9.17) is 20.2 Å². The summed E-state index contributed by atoms with van der Waals surface area (Å²) >= 11 is 0. The Morgan fingerprint density at radius 1 is 1.08 bits per heavy atom. The number of aromatic hydroxyl groups is 1. The number of esters is 2. The third-order valence-corrected chi connectivity index (χ3v) is 10.3. The number of ketones is 1. The third-order valence-electron chi connectivity index (χ3n) is 10.3. The van der Waals surface area contributed by atoms with Gasteiger partial charge in [0.05, 0.1) is 35.4 Å². The zero-order valence-corrected chi connectivity index (χ0v) is 29.8. The van der Waals surface area contributed by atoms with Crippen LogP contribution in [0, 0.1) is 5.92 Å². The molecule has 0 saturated heterocycles. The van der Waals surface area contributed by atoms with Gasteiger partial charge in [0.15, 0.2) is 0 Å². The maximum absolute atomic E-state index is 14.0. The van der Waals surface area contributed by atoms with E-state index in [0.717, 1.165) is 29.4 Å². The van der Waals surface area contributed by atoms with E-state index in [2.05, 4.69) is 5.32 Å². The van der Waals surface area contributed by atoms with E-state index in [1.165, 1.54) is 6.92 Å². The van der Waals surface area contributed by atoms with Crippen molar-refractivity contribution in [2.45, 2.75) is 90.9 Å². The summed E-state index contributed by atoms with van der Waals surface area (Å²) in [6.45, 7) is 5.81. The van der Waals surface area contributed by atoms with Crippen LogP contribution in [0.1, 0.15) is 87.1 Å². The number of rotatable bonds is 14. The summed E-state index contributed by atoms with van der Waals surface area (Å²) in [6.07, 6.45) is 2.78. The van der Waals surface area contributed by atoms with Crippen molar-refractivity contribution in [1.29, 1.82) is 0 Å². The lowest BCUT2D eigenvalue weighted by atomic mass is 9.72. The van der Waals surface area contributed by atoms with Gasteiger partial charge in [0.2, 0.25) is 5.91 Å². The van der Waals surface area contributed by atoms with Gasteiger partial charge >= 0.3 is 11.9 Å². The molecule has 2 aromatic carbocycles. The van der Waals surface area contributed by atoms with Crippen molar-refractivity contribution in [2.24, 2.45) is 11.7 Å². The van der Waals surface area contributed by atoms with Crippen molar-refractivity contribution in [3.05, 3.63) is 86.7 Å². The summed E-state index contributed by atoms with van der Waals surface area (Å²) in [5.74, 6) is -1.83. The zero-order chi connectivity index (χ0) is 37.2. The highest BCUT2D eigenvalue weighted by atomic mass is 16.5. The predicted octanol–water partition coefficient (Wildman–Crippen LogP) is 5.19. The number of unbranched alkanes of at least 4 members (excludes halogenated alkanes) is 1. The molecule has 2 aromatic heterocycles. The van der Waals surface area contributed by atoms with Crippen LogP contribution in [0.2, 0.25) is 0 Å². The number of aryl methyl sites for hydroxylation is 1. The van der Waals surface area contributed by atoms with Crippen molar-refractivity contribution in [2.75, 3.05) is 11.9 Å². The lowest BCUT2D eigenvalue weighted by Crippen LogP contribution is -2.46. The number of carbonyl (C=O) groups excluding carboxylic acids is 4. The second kappa shape index (κ2) is 15.1. The smallest absolute Gasteiger partial charge is 0.317 e. The van der Waals surface area contributed by atoms with Gasteiger partial charge < -0.3 is 35.0 Å². The fraction of sp³-hybridized carbons (Fsp3) is 0.400. The molecule has 0 saturated carbocycles. The summed E-state index contributed by atoms with van der Waals surface area (Å²) in [5.41, 5.74) is 9.60. The molecular formula is C40H44N4O8. The summed E-state index contributed by atoms with van der Waals surface area (Å²) in [7, 11) is 0. The molecule has 0 spiro atoms. The van der Waals surface area contributed by atoms with Crippen molar-refractivity contribution in [1.82, 2.24) is 9.55 Å². The Hall–Kier alpha value is -5.36. The first-order valence-corrected chi connectivity index (χ1v) is 17.8. The van der Waals surface area contributed by atoms with Crippen molar-refractivity contribution in [3.63, 3.8) is 0 Å². The fourth-order valence-electron chi connectivity index (χ4n) is 7.52. The number of phenolic OH excluding ortho intramolecular Hbond substituents is 1. The molecule has 0 bridgehead atoms. The number of nitrogens with two attached hydrogens (primary N) is 1. The van der Waals surface area contributed by atoms with Gasteiger partial charge in [-0.3, -0.25) is 19.2 Å². The minimum absolute atomic E-state index is 0.0552. The third kappa shape index (κ3) is 6.94. The van der Waals surface area contributed by atoms with Gasteiger partial charge in [0.25, 0.3) is 5.56 Å². The normalized spacial score (nSPS) is 16.4. The molecule has 4 N–H and O–H groups in total. The summed E-state index contributed by atoms with van der Waals surface area (Å²) in [4.78, 5) is 70.5. The van der Waals surface area contributed by atoms with Crippen molar-refractivity contribution >= 4 is 40.2 Å². The Morgan fingerprint density at radius 3 is 2.54 bits per heavy atom. The quantitative estimate of drug-likeness (QED) is 0.103. The molecule has 12 heteroatoms. The van der Waals surface area contributed by atoms with Crippen molar-refractivity contribution < 1.29 is 33.8 Å². The zero-order valence-electron chi connectivity index (χ0n) is 29.8. The maximum atomic E-state index is 14.0.